The van der Waals surface area contributed by atoms with E-state index in [0.29, 0.717) is 13.2 Å². The summed E-state index contributed by atoms with van der Waals surface area (Å²) in [5.41, 5.74) is 7.87. The third-order valence-corrected chi connectivity index (χ3v) is 5.03. The van der Waals surface area contributed by atoms with Crippen LogP contribution in [0.3, 0.4) is 0 Å². The number of benzene rings is 2. The van der Waals surface area contributed by atoms with Gasteiger partial charge in [0.15, 0.2) is 0 Å². The van der Waals surface area contributed by atoms with Crippen molar-refractivity contribution in [2.75, 3.05) is 25.5 Å². The molecule has 0 aliphatic carbocycles. The molecule has 0 atom stereocenters. The van der Waals surface area contributed by atoms with Crippen LogP contribution in [-0.2, 0) is 0 Å². The molecule has 0 aliphatic rings. The molecule has 0 spiro atoms. The lowest BCUT2D eigenvalue weighted by Gasteiger charge is -2.09. The van der Waals surface area contributed by atoms with E-state index in [1.807, 2.05) is 7.05 Å². The zero-order chi connectivity index (χ0) is 16.1. The lowest BCUT2D eigenvalue weighted by atomic mass is 10.1. The largest absolute Gasteiger partial charge is 0.491 e. The molecule has 120 valence electrons. The van der Waals surface area contributed by atoms with Crippen LogP contribution in [0.25, 0.3) is 20.5 Å². The summed E-state index contributed by atoms with van der Waals surface area (Å²) in [6.45, 7) is 1.42. The predicted octanol–water partition coefficient (Wildman–Crippen LogP) is 4.73. The van der Waals surface area contributed by atoms with Crippen molar-refractivity contribution in [3.05, 3.63) is 48.5 Å². The first kappa shape index (κ1) is 15.8. The molecular formula is C19H22N2OS. The van der Waals surface area contributed by atoms with E-state index < -0.39 is 0 Å². The molecule has 1 heterocycles. The van der Waals surface area contributed by atoms with E-state index in [1.165, 1.54) is 20.5 Å². The minimum atomic E-state index is 0.708. The first-order valence-corrected chi connectivity index (χ1v) is 8.77. The maximum Gasteiger partial charge on any atom is 0.145 e. The van der Waals surface area contributed by atoms with E-state index in [0.717, 1.165) is 24.3 Å². The smallest absolute Gasteiger partial charge is 0.145 e. The topological polar surface area (TPSA) is 47.3 Å². The van der Waals surface area contributed by atoms with Crippen LogP contribution in [-0.4, -0.2) is 20.2 Å². The van der Waals surface area contributed by atoms with Crippen LogP contribution in [0.15, 0.2) is 48.5 Å². The van der Waals surface area contributed by atoms with Gasteiger partial charge in [0.05, 0.1) is 11.5 Å². The van der Waals surface area contributed by atoms with Crippen molar-refractivity contribution in [3.63, 3.8) is 0 Å². The van der Waals surface area contributed by atoms with Crippen LogP contribution in [0.2, 0.25) is 0 Å². The van der Waals surface area contributed by atoms with Crippen LogP contribution < -0.4 is 15.8 Å². The number of hydrogen-bond acceptors (Lipinski definition) is 4. The molecule has 0 aliphatic heterocycles. The zero-order valence-corrected chi connectivity index (χ0v) is 14.2. The molecule has 0 saturated carbocycles. The second kappa shape index (κ2) is 7.49. The highest BCUT2D eigenvalue weighted by molar-refractivity contribution is 7.22. The number of rotatable bonds is 7. The molecule has 3 rings (SSSR count). The second-order valence-corrected chi connectivity index (χ2v) is 6.48. The molecule has 2 aromatic carbocycles. The quantitative estimate of drug-likeness (QED) is 0.617. The van der Waals surface area contributed by atoms with Crippen LogP contribution in [0, 0.1) is 0 Å². The first-order valence-electron chi connectivity index (χ1n) is 7.96. The molecule has 0 amide bonds. The molecule has 0 fully saturated rings. The Labute approximate surface area is 141 Å². The summed E-state index contributed by atoms with van der Waals surface area (Å²) in [5, 5.41) is 4.35. The Balaban J connectivity index is 1.96. The Morgan fingerprint density at radius 3 is 2.57 bits per heavy atom. The molecule has 23 heavy (non-hydrogen) atoms. The molecule has 4 heteroatoms. The number of anilines is 1. The van der Waals surface area contributed by atoms with Gasteiger partial charge in [-0.1, -0.05) is 24.3 Å². The van der Waals surface area contributed by atoms with Crippen LogP contribution in [0.4, 0.5) is 5.69 Å². The van der Waals surface area contributed by atoms with Gasteiger partial charge in [0.25, 0.3) is 0 Å². The summed E-state index contributed by atoms with van der Waals surface area (Å²) < 4.78 is 7.40. The number of nitrogens with two attached hydrogens (primary N) is 1. The second-order valence-electron chi connectivity index (χ2n) is 5.43. The molecular weight excluding hydrogens is 304 g/mol. The average molecular weight is 326 g/mol. The SMILES string of the molecule is CNc1ccc(-c2sc3ccccc3c2OCCCCN)cc1. The Hall–Kier alpha value is -2.04. The van der Waals surface area contributed by atoms with Crippen molar-refractivity contribution in [3.8, 4) is 16.2 Å². The average Bonchev–Trinajstić information content (AvgIpc) is 2.97. The number of thiophene rings is 1. The summed E-state index contributed by atoms with van der Waals surface area (Å²) >= 11 is 1.78. The molecule has 0 saturated heterocycles. The van der Waals surface area contributed by atoms with Crippen molar-refractivity contribution < 1.29 is 4.74 Å². The van der Waals surface area contributed by atoms with Crippen LogP contribution in [0.1, 0.15) is 12.8 Å². The maximum absolute atomic E-state index is 6.14. The van der Waals surface area contributed by atoms with Crippen molar-refractivity contribution in [2.24, 2.45) is 5.73 Å². The molecule has 0 unspecified atom stereocenters. The van der Waals surface area contributed by atoms with Gasteiger partial charge in [0, 0.05) is 22.8 Å². The van der Waals surface area contributed by atoms with Gasteiger partial charge in [0.2, 0.25) is 0 Å². The molecule has 3 nitrogen and oxygen atoms in total. The zero-order valence-electron chi connectivity index (χ0n) is 13.3. The fraction of sp³-hybridized carbons (Fsp3) is 0.263. The monoisotopic (exact) mass is 326 g/mol. The number of ether oxygens (including phenoxy) is 1. The maximum atomic E-state index is 6.14. The Morgan fingerprint density at radius 2 is 1.83 bits per heavy atom. The van der Waals surface area contributed by atoms with Gasteiger partial charge in [-0.2, -0.15) is 0 Å². The number of nitrogens with one attached hydrogen (secondary N) is 1. The minimum Gasteiger partial charge on any atom is -0.491 e. The van der Waals surface area contributed by atoms with Gasteiger partial charge in [-0.25, -0.2) is 0 Å². The Bertz CT molecular complexity index is 765. The third kappa shape index (κ3) is 3.49. The van der Waals surface area contributed by atoms with Crippen molar-refractivity contribution in [1.29, 1.82) is 0 Å². The van der Waals surface area contributed by atoms with Crippen molar-refractivity contribution in [1.82, 2.24) is 0 Å². The van der Waals surface area contributed by atoms with Gasteiger partial charge in [0.1, 0.15) is 5.75 Å². The highest BCUT2D eigenvalue weighted by atomic mass is 32.1. The van der Waals surface area contributed by atoms with E-state index >= 15 is 0 Å². The van der Waals surface area contributed by atoms with Crippen molar-refractivity contribution in [2.45, 2.75) is 12.8 Å². The van der Waals surface area contributed by atoms with E-state index in [1.54, 1.807) is 11.3 Å². The molecule has 0 radical (unpaired) electrons. The highest BCUT2D eigenvalue weighted by Gasteiger charge is 2.15. The van der Waals surface area contributed by atoms with Crippen molar-refractivity contribution >= 4 is 27.1 Å². The van der Waals surface area contributed by atoms with Gasteiger partial charge in [-0.05, 0) is 49.2 Å². The molecule has 0 bridgehead atoms. The summed E-state index contributed by atoms with van der Waals surface area (Å²) in [7, 11) is 1.93. The summed E-state index contributed by atoms with van der Waals surface area (Å²) in [5.74, 6) is 1.000. The first-order chi connectivity index (χ1) is 11.3. The fourth-order valence-corrected chi connectivity index (χ4v) is 3.72. The molecule has 3 aromatic rings. The minimum absolute atomic E-state index is 0.708. The lowest BCUT2D eigenvalue weighted by Crippen LogP contribution is -2.03. The predicted molar refractivity (Wildman–Crippen MR) is 101 cm³/mol. The van der Waals surface area contributed by atoms with Gasteiger partial charge in [-0.15, -0.1) is 11.3 Å². The van der Waals surface area contributed by atoms with Crippen LogP contribution in [0.5, 0.6) is 5.75 Å². The van der Waals surface area contributed by atoms with Gasteiger partial charge < -0.3 is 15.8 Å². The van der Waals surface area contributed by atoms with E-state index in [2.05, 4.69) is 53.8 Å². The Kier molecular flexibility index (Phi) is 5.16. The van der Waals surface area contributed by atoms with Crippen LogP contribution >= 0.6 is 11.3 Å². The number of fused-ring (bicyclic) bond motifs is 1. The molecule has 3 N–H and O–H groups in total. The normalized spacial score (nSPS) is 10.9. The van der Waals surface area contributed by atoms with E-state index in [4.69, 9.17) is 10.5 Å². The standard InChI is InChI=1S/C19H22N2OS/c1-21-15-10-8-14(9-11-15)19-18(22-13-5-4-12-20)16-6-2-3-7-17(16)23-19/h2-3,6-11,21H,4-5,12-13,20H2,1H3. The molecule has 1 aromatic heterocycles. The fourth-order valence-electron chi connectivity index (χ4n) is 2.56. The third-order valence-electron chi connectivity index (χ3n) is 3.83. The summed E-state index contributed by atoms with van der Waals surface area (Å²) in [4.78, 5) is 1.20. The summed E-state index contributed by atoms with van der Waals surface area (Å²) in [6.07, 6.45) is 1.98. The summed E-state index contributed by atoms with van der Waals surface area (Å²) in [6, 6.07) is 16.9. The van der Waals surface area contributed by atoms with Gasteiger partial charge in [-0.3, -0.25) is 0 Å². The lowest BCUT2D eigenvalue weighted by molar-refractivity contribution is 0.313. The highest BCUT2D eigenvalue weighted by Crippen LogP contribution is 2.44. The van der Waals surface area contributed by atoms with Gasteiger partial charge >= 0.3 is 0 Å². The van der Waals surface area contributed by atoms with E-state index in [-0.39, 0.29) is 0 Å². The number of hydrogen-bond donors (Lipinski definition) is 2. The Morgan fingerprint density at radius 1 is 1.04 bits per heavy atom. The number of unbranched alkanes of at least 4 members (excludes halogenated alkanes) is 1. The van der Waals surface area contributed by atoms with E-state index in [9.17, 15) is 0 Å².